The zero-order chi connectivity index (χ0) is 10.4. The monoisotopic (exact) mass is 201 g/mol. The molecule has 0 aromatic carbocycles. The van der Waals surface area contributed by atoms with Crippen LogP contribution < -0.4 is 5.32 Å². The van der Waals surface area contributed by atoms with Crippen molar-refractivity contribution in [2.75, 3.05) is 26.9 Å². The Balaban J connectivity index is 1.98. The zero-order valence-electron chi connectivity index (χ0n) is 9.64. The van der Waals surface area contributed by atoms with Crippen molar-refractivity contribution in [1.82, 2.24) is 5.32 Å². The average molecular weight is 201 g/mol. The molecule has 1 N–H and O–H groups in total. The first-order chi connectivity index (χ1) is 6.64. The van der Waals surface area contributed by atoms with Crippen LogP contribution in [0, 0.1) is 0 Å². The second kappa shape index (κ2) is 5.69. The smallest absolute Gasteiger partial charge is 0.0644 e. The fourth-order valence-corrected chi connectivity index (χ4v) is 1.54. The Kier molecular flexibility index (Phi) is 4.85. The van der Waals surface area contributed by atoms with Gasteiger partial charge >= 0.3 is 0 Å². The molecule has 1 atom stereocenters. The average Bonchev–Trinajstić information content (AvgIpc) is 2.65. The molecule has 3 nitrogen and oxygen atoms in total. The summed E-state index contributed by atoms with van der Waals surface area (Å²) in [6, 6.07) is 0.584. The van der Waals surface area contributed by atoms with Gasteiger partial charge in [0.2, 0.25) is 0 Å². The molecule has 1 saturated heterocycles. The van der Waals surface area contributed by atoms with Crippen LogP contribution in [0.25, 0.3) is 0 Å². The van der Waals surface area contributed by atoms with E-state index in [9.17, 15) is 0 Å². The van der Waals surface area contributed by atoms with Crippen molar-refractivity contribution in [3.63, 3.8) is 0 Å². The molecule has 0 aromatic rings. The van der Waals surface area contributed by atoms with Gasteiger partial charge in [-0.15, -0.1) is 0 Å². The van der Waals surface area contributed by atoms with E-state index in [1.54, 1.807) is 7.11 Å². The second-order valence-electron chi connectivity index (χ2n) is 4.58. The van der Waals surface area contributed by atoms with Crippen LogP contribution in [0.15, 0.2) is 0 Å². The molecular formula is C11H23NO2. The van der Waals surface area contributed by atoms with Crippen LogP contribution in [-0.2, 0) is 9.47 Å². The maximum Gasteiger partial charge on any atom is 0.0644 e. The van der Waals surface area contributed by atoms with E-state index >= 15 is 0 Å². The quantitative estimate of drug-likeness (QED) is 0.662. The van der Waals surface area contributed by atoms with Crippen molar-refractivity contribution >= 4 is 0 Å². The van der Waals surface area contributed by atoms with Gasteiger partial charge in [0.25, 0.3) is 0 Å². The summed E-state index contributed by atoms with van der Waals surface area (Å²) in [5.74, 6) is 0. The Morgan fingerprint density at radius 1 is 1.43 bits per heavy atom. The first-order valence-corrected chi connectivity index (χ1v) is 5.50. The van der Waals surface area contributed by atoms with Gasteiger partial charge in [-0.3, -0.25) is 0 Å². The van der Waals surface area contributed by atoms with Gasteiger partial charge in [0.05, 0.1) is 12.2 Å². The fourth-order valence-electron chi connectivity index (χ4n) is 1.54. The molecule has 1 aliphatic heterocycles. The first kappa shape index (κ1) is 12.0. The van der Waals surface area contributed by atoms with E-state index in [4.69, 9.17) is 9.47 Å². The number of ether oxygens (including phenoxy) is 2. The summed E-state index contributed by atoms with van der Waals surface area (Å²) in [4.78, 5) is 0. The fraction of sp³-hybridized carbons (Fsp3) is 1.00. The van der Waals surface area contributed by atoms with E-state index < -0.39 is 0 Å². The molecule has 0 bridgehead atoms. The largest absolute Gasteiger partial charge is 0.380 e. The Labute approximate surface area is 87.2 Å². The summed E-state index contributed by atoms with van der Waals surface area (Å²) in [6.07, 6.45) is 3.50. The highest BCUT2D eigenvalue weighted by Crippen LogP contribution is 2.13. The van der Waals surface area contributed by atoms with Gasteiger partial charge in [-0.25, -0.2) is 0 Å². The second-order valence-corrected chi connectivity index (χ2v) is 4.58. The van der Waals surface area contributed by atoms with Crippen LogP contribution in [0.2, 0.25) is 0 Å². The van der Waals surface area contributed by atoms with Crippen LogP contribution in [0.5, 0.6) is 0 Å². The molecule has 0 aromatic heterocycles. The number of nitrogens with one attached hydrogen (secondary N) is 1. The minimum atomic E-state index is -0.0525. The lowest BCUT2D eigenvalue weighted by Crippen LogP contribution is -2.29. The predicted molar refractivity (Wildman–Crippen MR) is 57.5 cm³/mol. The van der Waals surface area contributed by atoms with Crippen LogP contribution in [0.1, 0.15) is 33.1 Å². The topological polar surface area (TPSA) is 30.5 Å². The van der Waals surface area contributed by atoms with E-state index in [-0.39, 0.29) is 5.60 Å². The molecule has 1 aliphatic rings. The molecule has 1 heterocycles. The normalized spacial score (nSPS) is 22.9. The Morgan fingerprint density at radius 2 is 2.21 bits per heavy atom. The van der Waals surface area contributed by atoms with Gasteiger partial charge in [0.15, 0.2) is 0 Å². The highest BCUT2D eigenvalue weighted by molar-refractivity contribution is 4.73. The van der Waals surface area contributed by atoms with Crippen LogP contribution in [0.4, 0.5) is 0 Å². The van der Waals surface area contributed by atoms with E-state index in [0.29, 0.717) is 6.04 Å². The maximum atomic E-state index is 5.61. The van der Waals surface area contributed by atoms with Crippen LogP contribution in [-0.4, -0.2) is 38.5 Å². The molecule has 0 unspecified atom stereocenters. The first-order valence-electron chi connectivity index (χ1n) is 5.50. The van der Waals surface area contributed by atoms with E-state index in [1.165, 1.54) is 12.8 Å². The van der Waals surface area contributed by atoms with E-state index in [0.717, 1.165) is 26.2 Å². The lowest BCUT2D eigenvalue weighted by atomic mass is 10.1. The van der Waals surface area contributed by atoms with Crippen molar-refractivity contribution < 1.29 is 9.47 Å². The third-order valence-corrected chi connectivity index (χ3v) is 2.88. The van der Waals surface area contributed by atoms with Gasteiger partial charge in [-0.2, -0.15) is 0 Å². The summed E-state index contributed by atoms with van der Waals surface area (Å²) in [5, 5.41) is 3.41. The van der Waals surface area contributed by atoms with E-state index in [2.05, 4.69) is 19.2 Å². The minimum Gasteiger partial charge on any atom is -0.380 e. The van der Waals surface area contributed by atoms with Gasteiger partial charge in [0, 0.05) is 19.8 Å². The molecule has 0 aliphatic carbocycles. The van der Waals surface area contributed by atoms with Crippen LogP contribution >= 0.6 is 0 Å². The molecule has 0 spiro atoms. The van der Waals surface area contributed by atoms with Crippen molar-refractivity contribution in [3.05, 3.63) is 0 Å². The molecule has 84 valence electrons. The van der Waals surface area contributed by atoms with Gasteiger partial charge in [-0.1, -0.05) is 0 Å². The Morgan fingerprint density at radius 3 is 2.79 bits per heavy atom. The number of methoxy groups -OCH3 is 1. The number of hydrogen-bond acceptors (Lipinski definition) is 3. The molecular weight excluding hydrogens is 178 g/mol. The Hall–Kier alpha value is -0.120. The molecule has 1 fully saturated rings. The third-order valence-electron chi connectivity index (χ3n) is 2.88. The molecule has 14 heavy (non-hydrogen) atoms. The summed E-state index contributed by atoms with van der Waals surface area (Å²) in [6.45, 7) is 6.96. The third kappa shape index (κ3) is 4.40. The minimum absolute atomic E-state index is 0.0525. The lowest BCUT2D eigenvalue weighted by molar-refractivity contribution is -0.0118. The van der Waals surface area contributed by atoms with Crippen molar-refractivity contribution in [2.45, 2.75) is 44.8 Å². The number of hydrogen-bond donors (Lipinski definition) is 1. The highest BCUT2D eigenvalue weighted by Gasteiger charge is 2.17. The summed E-state index contributed by atoms with van der Waals surface area (Å²) >= 11 is 0. The zero-order valence-corrected chi connectivity index (χ0v) is 9.64. The highest BCUT2D eigenvalue weighted by atomic mass is 16.5. The molecule has 1 rings (SSSR count). The summed E-state index contributed by atoms with van der Waals surface area (Å²) < 4.78 is 10.9. The molecule has 3 heteroatoms. The van der Waals surface area contributed by atoms with Crippen LogP contribution in [0.3, 0.4) is 0 Å². The van der Waals surface area contributed by atoms with E-state index in [1.807, 2.05) is 0 Å². The van der Waals surface area contributed by atoms with Gasteiger partial charge in [0.1, 0.15) is 0 Å². The summed E-state index contributed by atoms with van der Waals surface area (Å²) in [7, 11) is 1.75. The molecule has 0 amide bonds. The predicted octanol–water partition coefficient (Wildman–Crippen LogP) is 1.57. The van der Waals surface area contributed by atoms with Crippen molar-refractivity contribution in [3.8, 4) is 0 Å². The maximum absolute atomic E-state index is 5.61. The molecule has 0 radical (unpaired) electrons. The lowest BCUT2D eigenvalue weighted by Gasteiger charge is -2.22. The number of rotatable bonds is 6. The standard InChI is InChI=1S/C11H23NO2/c1-11(2,13-3)6-8-14-9-10-5-4-7-12-10/h10,12H,4-9H2,1-3H3/t10-/m1/s1. The van der Waals surface area contributed by atoms with Crippen molar-refractivity contribution in [1.29, 1.82) is 0 Å². The van der Waals surface area contributed by atoms with Gasteiger partial charge in [-0.05, 0) is 39.7 Å². The molecule has 0 saturated carbocycles. The Bertz CT molecular complexity index is 153. The SMILES string of the molecule is COC(C)(C)CCOC[C@H]1CCCN1. The summed E-state index contributed by atoms with van der Waals surface area (Å²) in [5.41, 5.74) is -0.0525. The van der Waals surface area contributed by atoms with Gasteiger partial charge < -0.3 is 14.8 Å². The van der Waals surface area contributed by atoms with Crippen molar-refractivity contribution in [2.24, 2.45) is 0 Å².